The van der Waals surface area contributed by atoms with Gasteiger partial charge in [-0.3, -0.25) is 0 Å². The molecule has 27 heavy (non-hydrogen) atoms. The molecule has 0 fully saturated rings. The summed E-state index contributed by atoms with van der Waals surface area (Å²) in [4.78, 5) is 2.27. The zero-order valence-corrected chi connectivity index (χ0v) is 16.1. The number of hydrogen-bond acceptors (Lipinski definition) is 2. The highest BCUT2D eigenvalue weighted by molar-refractivity contribution is 5.79. The third-order valence-corrected chi connectivity index (χ3v) is 4.95. The van der Waals surface area contributed by atoms with Gasteiger partial charge < -0.3 is 4.90 Å². The number of pyridine rings is 1. The van der Waals surface area contributed by atoms with Crippen LogP contribution in [0.5, 0.6) is 0 Å². The van der Waals surface area contributed by atoms with Crippen LogP contribution in [0.3, 0.4) is 0 Å². The Morgan fingerprint density at radius 3 is 2.30 bits per heavy atom. The van der Waals surface area contributed by atoms with E-state index in [0.717, 1.165) is 53.7 Å². The van der Waals surface area contributed by atoms with Crippen molar-refractivity contribution in [1.82, 2.24) is 9.61 Å². The van der Waals surface area contributed by atoms with Gasteiger partial charge in [-0.05, 0) is 57.0 Å². The third kappa shape index (κ3) is 3.40. The molecule has 3 nitrogen and oxygen atoms in total. The molecule has 3 rings (SSSR count). The van der Waals surface area contributed by atoms with E-state index in [1.54, 1.807) is 6.92 Å². The molecule has 0 radical (unpaired) electrons. The minimum atomic E-state index is -4.34. The van der Waals surface area contributed by atoms with E-state index in [0.29, 0.717) is 5.56 Å². The lowest BCUT2D eigenvalue weighted by Crippen LogP contribution is -2.22. The van der Waals surface area contributed by atoms with E-state index in [4.69, 9.17) is 5.10 Å². The van der Waals surface area contributed by atoms with Crippen molar-refractivity contribution < 1.29 is 13.2 Å². The van der Waals surface area contributed by atoms with E-state index in [1.807, 2.05) is 22.7 Å². The van der Waals surface area contributed by atoms with E-state index in [2.05, 4.69) is 25.7 Å². The second kappa shape index (κ2) is 7.25. The van der Waals surface area contributed by atoms with Gasteiger partial charge in [0.15, 0.2) is 0 Å². The lowest BCUT2D eigenvalue weighted by Gasteiger charge is -2.21. The van der Waals surface area contributed by atoms with Crippen LogP contribution >= 0.6 is 0 Å². The summed E-state index contributed by atoms with van der Waals surface area (Å²) in [5.74, 6) is 0. The summed E-state index contributed by atoms with van der Waals surface area (Å²) in [5, 5.41) is 4.79. The number of alkyl halides is 3. The molecule has 0 N–H and O–H groups in total. The normalized spacial score (nSPS) is 12.0. The molecule has 0 bridgehead atoms. The Balaban J connectivity index is 2.22. The van der Waals surface area contributed by atoms with Gasteiger partial charge >= 0.3 is 6.18 Å². The van der Waals surface area contributed by atoms with Crippen LogP contribution in [0.4, 0.5) is 18.9 Å². The van der Waals surface area contributed by atoms with E-state index in [9.17, 15) is 13.2 Å². The Morgan fingerprint density at radius 1 is 1.04 bits per heavy atom. The Kier molecular flexibility index (Phi) is 5.18. The first-order chi connectivity index (χ1) is 12.8. The number of halogens is 3. The van der Waals surface area contributed by atoms with E-state index < -0.39 is 11.7 Å². The smallest absolute Gasteiger partial charge is 0.369 e. The molecule has 1 aromatic carbocycles. The first-order valence-corrected chi connectivity index (χ1v) is 9.25. The highest BCUT2D eigenvalue weighted by atomic mass is 19.4. The summed E-state index contributed by atoms with van der Waals surface area (Å²) in [6, 6.07) is 9.73. The van der Waals surface area contributed by atoms with Crippen LogP contribution < -0.4 is 4.90 Å². The van der Waals surface area contributed by atoms with Crippen molar-refractivity contribution >= 4 is 11.2 Å². The topological polar surface area (TPSA) is 20.5 Å². The first kappa shape index (κ1) is 19.3. The molecule has 0 aliphatic heterocycles. The average Bonchev–Trinajstić information content (AvgIpc) is 3.01. The number of aromatic nitrogens is 2. The maximum Gasteiger partial charge on any atom is 0.416 e. The van der Waals surface area contributed by atoms with Crippen LogP contribution in [0.15, 0.2) is 36.4 Å². The van der Waals surface area contributed by atoms with Crippen LogP contribution in [0.1, 0.15) is 37.6 Å². The fraction of sp³-hybridized carbons (Fsp3) is 0.381. The predicted molar refractivity (Wildman–Crippen MR) is 103 cm³/mol. The molecule has 0 saturated heterocycles. The van der Waals surface area contributed by atoms with Crippen molar-refractivity contribution in [3.63, 3.8) is 0 Å². The summed E-state index contributed by atoms with van der Waals surface area (Å²) in [6.07, 6.45) is -3.55. The first-order valence-electron chi connectivity index (χ1n) is 9.25. The number of anilines is 1. The Labute approximate surface area is 157 Å². The Bertz CT molecular complexity index is 953. The van der Waals surface area contributed by atoms with E-state index in [-0.39, 0.29) is 0 Å². The average molecular weight is 375 g/mol. The largest absolute Gasteiger partial charge is 0.416 e. The quantitative estimate of drug-likeness (QED) is 0.567. The maximum atomic E-state index is 13.0. The fourth-order valence-electron chi connectivity index (χ4n) is 3.56. The molecule has 0 saturated carbocycles. The monoisotopic (exact) mass is 375 g/mol. The molecule has 0 aliphatic carbocycles. The van der Waals surface area contributed by atoms with Crippen LogP contribution in [-0.2, 0) is 12.6 Å². The number of fused-ring (bicyclic) bond motifs is 1. The van der Waals surface area contributed by atoms with Gasteiger partial charge in [0.25, 0.3) is 0 Å². The van der Waals surface area contributed by atoms with Crippen LogP contribution in [-0.4, -0.2) is 22.7 Å². The van der Waals surface area contributed by atoms with Crippen molar-refractivity contribution in [2.24, 2.45) is 0 Å². The molecule has 0 aliphatic rings. The molecule has 144 valence electrons. The molecule has 0 spiro atoms. The second-order valence-electron chi connectivity index (χ2n) is 6.56. The molecule has 2 aromatic heterocycles. The summed E-state index contributed by atoms with van der Waals surface area (Å²) in [7, 11) is 0. The highest BCUT2D eigenvalue weighted by Gasteiger charge is 2.31. The Hall–Kier alpha value is -2.50. The van der Waals surface area contributed by atoms with Crippen molar-refractivity contribution in [3.05, 3.63) is 53.2 Å². The molecule has 2 heterocycles. The van der Waals surface area contributed by atoms with Gasteiger partial charge in [-0.2, -0.15) is 18.3 Å². The van der Waals surface area contributed by atoms with Gasteiger partial charge in [0.05, 0.1) is 28.2 Å². The SMILES string of the molecule is CCc1nn2c(-c3ccc(C(F)(F)F)cc3C)cccc2c1N(CC)CC. The molecular formula is C21H24F3N3. The molecule has 0 unspecified atom stereocenters. The van der Waals surface area contributed by atoms with Gasteiger partial charge in [0.2, 0.25) is 0 Å². The van der Waals surface area contributed by atoms with Crippen molar-refractivity contribution in [1.29, 1.82) is 0 Å². The second-order valence-corrected chi connectivity index (χ2v) is 6.56. The van der Waals surface area contributed by atoms with Crippen molar-refractivity contribution in [2.45, 2.75) is 40.3 Å². The number of rotatable bonds is 5. The lowest BCUT2D eigenvalue weighted by atomic mass is 10.0. The number of benzene rings is 1. The molecule has 3 aromatic rings. The molecular weight excluding hydrogens is 351 g/mol. The number of hydrogen-bond donors (Lipinski definition) is 0. The molecule has 0 amide bonds. The zero-order chi connectivity index (χ0) is 19.8. The number of nitrogens with zero attached hydrogens (tertiary/aromatic N) is 3. The maximum absolute atomic E-state index is 13.0. The minimum absolute atomic E-state index is 0.579. The van der Waals surface area contributed by atoms with E-state index in [1.165, 1.54) is 12.1 Å². The van der Waals surface area contributed by atoms with Crippen LogP contribution in [0.2, 0.25) is 0 Å². The zero-order valence-electron chi connectivity index (χ0n) is 16.1. The summed E-state index contributed by atoms with van der Waals surface area (Å²) < 4.78 is 40.9. The van der Waals surface area contributed by atoms with Crippen molar-refractivity contribution in [2.75, 3.05) is 18.0 Å². The molecule has 6 heteroatoms. The molecule has 0 atom stereocenters. The van der Waals surface area contributed by atoms with Gasteiger partial charge in [0.1, 0.15) is 0 Å². The Morgan fingerprint density at radius 2 is 1.74 bits per heavy atom. The van der Waals surface area contributed by atoms with Crippen LogP contribution in [0.25, 0.3) is 16.8 Å². The standard InChI is InChI=1S/C21H24F3N3/c1-5-17-20(26(6-2)7-3)19-10-8-9-18(27(19)25-17)16-12-11-15(13-14(16)4)21(22,23)24/h8-13H,5-7H2,1-4H3. The van der Waals surface area contributed by atoms with Crippen LogP contribution in [0, 0.1) is 6.92 Å². The van der Waals surface area contributed by atoms with Gasteiger partial charge in [-0.15, -0.1) is 0 Å². The summed E-state index contributed by atoms with van der Waals surface area (Å²) in [5.41, 5.74) is 4.58. The fourth-order valence-corrected chi connectivity index (χ4v) is 3.56. The predicted octanol–water partition coefficient (Wildman–Crippen LogP) is 5.74. The van der Waals surface area contributed by atoms with Gasteiger partial charge in [-0.25, -0.2) is 4.52 Å². The number of aryl methyl sites for hydroxylation is 2. The van der Waals surface area contributed by atoms with E-state index >= 15 is 0 Å². The van der Waals surface area contributed by atoms with Gasteiger partial charge in [0, 0.05) is 18.7 Å². The van der Waals surface area contributed by atoms with Gasteiger partial charge in [-0.1, -0.05) is 19.1 Å². The third-order valence-electron chi connectivity index (χ3n) is 4.95. The summed E-state index contributed by atoms with van der Waals surface area (Å²) in [6.45, 7) is 9.73. The minimum Gasteiger partial charge on any atom is -0.369 e. The summed E-state index contributed by atoms with van der Waals surface area (Å²) >= 11 is 0. The lowest BCUT2D eigenvalue weighted by molar-refractivity contribution is -0.137. The van der Waals surface area contributed by atoms with Crippen molar-refractivity contribution in [3.8, 4) is 11.3 Å². The highest BCUT2D eigenvalue weighted by Crippen LogP contribution is 2.35.